The van der Waals surface area contributed by atoms with Crippen LogP contribution in [0, 0.1) is 0 Å². The van der Waals surface area contributed by atoms with Crippen molar-refractivity contribution in [1.82, 2.24) is 15.6 Å². The smallest absolute Gasteiger partial charge is 0.315 e. The highest BCUT2D eigenvalue weighted by Crippen LogP contribution is 2.13. The predicted molar refractivity (Wildman–Crippen MR) is 77.8 cm³/mol. The molecule has 1 aromatic heterocycles. The predicted octanol–water partition coefficient (Wildman–Crippen LogP) is 1.13. The minimum Gasteiger partial charge on any atom is -0.376 e. The Bertz CT molecular complexity index is 445. The van der Waals surface area contributed by atoms with Crippen molar-refractivity contribution >= 4 is 11.8 Å². The quantitative estimate of drug-likeness (QED) is 0.847. The molecule has 0 spiro atoms. The number of anilines is 1. The van der Waals surface area contributed by atoms with Gasteiger partial charge in [0.25, 0.3) is 0 Å². The molecule has 1 aliphatic heterocycles. The molecule has 1 saturated heterocycles. The van der Waals surface area contributed by atoms with Gasteiger partial charge >= 0.3 is 6.03 Å². The van der Waals surface area contributed by atoms with E-state index in [1.54, 1.807) is 6.20 Å². The van der Waals surface area contributed by atoms with Gasteiger partial charge in [0.15, 0.2) is 0 Å². The lowest BCUT2D eigenvalue weighted by Crippen LogP contribution is -2.39. The van der Waals surface area contributed by atoms with Gasteiger partial charge in [0.1, 0.15) is 5.82 Å². The number of hydrogen-bond donors (Lipinski definition) is 2. The molecule has 6 heteroatoms. The van der Waals surface area contributed by atoms with Crippen LogP contribution in [0.4, 0.5) is 10.6 Å². The van der Waals surface area contributed by atoms with E-state index in [4.69, 9.17) is 4.74 Å². The molecule has 1 fully saturated rings. The average Bonchev–Trinajstić information content (AvgIpc) is 2.96. The highest BCUT2D eigenvalue weighted by molar-refractivity contribution is 5.74. The maximum absolute atomic E-state index is 11.7. The second-order valence-corrected chi connectivity index (χ2v) is 5.08. The maximum Gasteiger partial charge on any atom is 0.315 e. The van der Waals surface area contributed by atoms with Crippen LogP contribution in [0.5, 0.6) is 0 Å². The fraction of sp³-hybridized carbons (Fsp3) is 0.571. The van der Waals surface area contributed by atoms with Gasteiger partial charge in [-0.2, -0.15) is 0 Å². The van der Waals surface area contributed by atoms with Gasteiger partial charge in [-0.1, -0.05) is 6.07 Å². The number of aromatic nitrogens is 1. The monoisotopic (exact) mass is 278 g/mol. The number of hydrogen-bond acceptors (Lipinski definition) is 4. The molecule has 1 atom stereocenters. The Hall–Kier alpha value is -1.82. The summed E-state index contributed by atoms with van der Waals surface area (Å²) in [4.78, 5) is 18.0. The van der Waals surface area contributed by atoms with Gasteiger partial charge in [0, 0.05) is 45.6 Å². The fourth-order valence-corrected chi connectivity index (χ4v) is 2.22. The first-order chi connectivity index (χ1) is 9.66. The first-order valence-corrected chi connectivity index (χ1v) is 6.91. The zero-order chi connectivity index (χ0) is 14.4. The Balaban J connectivity index is 1.78. The van der Waals surface area contributed by atoms with Gasteiger partial charge in [-0.05, 0) is 18.9 Å². The van der Waals surface area contributed by atoms with Crippen LogP contribution in [0.3, 0.4) is 0 Å². The van der Waals surface area contributed by atoms with Gasteiger partial charge in [0.05, 0.1) is 6.10 Å². The molecule has 0 aliphatic carbocycles. The number of carbonyl (C=O) groups excluding carboxylic acids is 1. The van der Waals surface area contributed by atoms with Crippen LogP contribution >= 0.6 is 0 Å². The van der Waals surface area contributed by atoms with E-state index in [-0.39, 0.29) is 12.1 Å². The normalized spacial score (nSPS) is 17.8. The van der Waals surface area contributed by atoms with Crippen LogP contribution in [0.1, 0.15) is 18.4 Å². The van der Waals surface area contributed by atoms with Crippen molar-refractivity contribution in [3.05, 3.63) is 23.9 Å². The fourth-order valence-electron chi connectivity index (χ4n) is 2.22. The molecule has 20 heavy (non-hydrogen) atoms. The van der Waals surface area contributed by atoms with E-state index in [0.29, 0.717) is 13.1 Å². The molecular formula is C14H22N4O2. The topological polar surface area (TPSA) is 66.5 Å². The van der Waals surface area contributed by atoms with Gasteiger partial charge in [-0.25, -0.2) is 9.78 Å². The molecule has 2 heterocycles. The van der Waals surface area contributed by atoms with Crippen molar-refractivity contribution in [2.75, 3.05) is 32.1 Å². The molecule has 0 bridgehead atoms. The number of carbonyl (C=O) groups is 1. The molecule has 2 rings (SSSR count). The lowest BCUT2D eigenvalue weighted by atomic mass is 10.2. The van der Waals surface area contributed by atoms with Crippen LogP contribution in [0.25, 0.3) is 0 Å². The van der Waals surface area contributed by atoms with Gasteiger partial charge in [0.2, 0.25) is 0 Å². The number of rotatable bonds is 5. The molecule has 110 valence electrons. The number of nitrogens with one attached hydrogen (secondary N) is 2. The summed E-state index contributed by atoms with van der Waals surface area (Å²) in [7, 11) is 3.87. The van der Waals surface area contributed by atoms with Crippen molar-refractivity contribution in [3.63, 3.8) is 0 Å². The maximum atomic E-state index is 11.7. The lowest BCUT2D eigenvalue weighted by Gasteiger charge is -2.16. The molecule has 2 amide bonds. The highest BCUT2D eigenvalue weighted by atomic mass is 16.5. The minimum absolute atomic E-state index is 0.163. The Morgan fingerprint density at radius 3 is 3.05 bits per heavy atom. The summed E-state index contributed by atoms with van der Waals surface area (Å²) in [5.41, 5.74) is 0.991. The zero-order valence-electron chi connectivity index (χ0n) is 12.1. The second kappa shape index (κ2) is 7.09. The first-order valence-electron chi connectivity index (χ1n) is 6.91. The first kappa shape index (κ1) is 14.6. The molecule has 6 nitrogen and oxygen atoms in total. The molecule has 1 aromatic rings. The summed E-state index contributed by atoms with van der Waals surface area (Å²) < 4.78 is 5.46. The van der Waals surface area contributed by atoms with E-state index in [0.717, 1.165) is 30.8 Å². The van der Waals surface area contributed by atoms with E-state index in [2.05, 4.69) is 15.6 Å². The van der Waals surface area contributed by atoms with E-state index in [9.17, 15) is 4.79 Å². The van der Waals surface area contributed by atoms with E-state index in [1.165, 1.54) is 0 Å². The Morgan fingerprint density at radius 2 is 2.35 bits per heavy atom. The minimum atomic E-state index is -0.172. The van der Waals surface area contributed by atoms with Crippen LogP contribution in [-0.2, 0) is 11.3 Å². The van der Waals surface area contributed by atoms with Crippen molar-refractivity contribution in [1.29, 1.82) is 0 Å². The highest BCUT2D eigenvalue weighted by Gasteiger charge is 2.16. The van der Waals surface area contributed by atoms with Gasteiger partial charge < -0.3 is 20.3 Å². The average molecular weight is 278 g/mol. The molecule has 0 radical (unpaired) electrons. The summed E-state index contributed by atoms with van der Waals surface area (Å²) in [6.45, 7) is 1.83. The zero-order valence-corrected chi connectivity index (χ0v) is 12.1. The van der Waals surface area contributed by atoms with E-state index < -0.39 is 0 Å². The van der Waals surface area contributed by atoms with Crippen molar-refractivity contribution < 1.29 is 9.53 Å². The van der Waals surface area contributed by atoms with Crippen molar-refractivity contribution in [2.45, 2.75) is 25.5 Å². The Labute approximate surface area is 119 Å². The van der Waals surface area contributed by atoms with Crippen LogP contribution in [0.15, 0.2) is 18.3 Å². The third kappa shape index (κ3) is 4.09. The van der Waals surface area contributed by atoms with E-state index >= 15 is 0 Å². The number of ether oxygens (including phenoxy) is 1. The third-order valence-corrected chi connectivity index (χ3v) is 3.24. The SMILES string of the molecule is CN(C)c1ncccc1CNC(=O)NCC1CCCO1. The summed E-state index contributed by atoms with van der Waals surface area (Å²) in [6.07, 6.45) is 4.01. The Kier molecular flexibility index (Phi) is 5.17. The molecular weight excluding hydrogens is 256 g/mol. The summed E-state index contributed by atoms with van der Waals surface area (Å²) in [5, 5.41) is 5.68. The molecule has 1 unspecified atom stereocenters. The van der Waals surface area contributed by atoms with Crippen molar-refractivity contribution in [2.24, 2.45) is 0 Å². The Morgan fingerprint density at radius 1 is 1.50 bits per heavy atom. The molecule has 1 aliphatic rings. The van der Waals surface area contributed by atoms with Crippen molar-refractivity contribution in [3.8, 4) is 0 Å². The second-order valence-electron chi connectivity index (χ2n) is 5.08. The number of urea groups is 1. The van der Waals surface area contributed by atoms with E-state index in [1.807, 2.05) is 31.1 Å². The number of pyridine rings is 1. The largest absolute Gasteiger partial charge is 0.376 e. The van der Waals surface area contributed by atoms with Gasteiger partial charge in [-0.3, -0.25) is 0 Å². The van der Waals surface area contributed by atoms with Crippen LogP contribution in [-0.4, -0.2) is 44.4 Å². The summed E-state index contributed by atoms with van der Waals surface area (Å²) >= 11 is 0. The van der Waals surface area contributed by atoms with Crippen LogP contribution in [0.2, 0.25) is 0 Å². The summed E-state index contributed by atoms with van der Waals surface area (Å²) in [5.74, 6) is 0.868. The number of amides is 2. The van der Waals surface area contributed by atoms with Gasteiger partial charge in [-0.15, -0.1) is 0 Å². The third-order valence-electron chi connectivity index (χ3n) is 3.24. The number of nitrogens with zero attached hydrogens (tertiary/aromatic N) is 2. The standard InChI is InChI=1S/C14H22N4O2/c1-18(2)13-11(5-3-7-15-13)9-16-14(19)17-10-12-6-4-8-20-12/h3,5,7,12H,4,6,8-10H2,1-2H3,(H2,16,17,19). The van der Waals surface area contributed by atoms with Crippen LogP contribution < -0.4 is 15.5 Å². The summed E-state index contributed by atoms with van der Waals surface area (Å²) in [6, 6.07) is 3.66. The lowest BCUT2D eigenvalue weighted by molar-refractivity contribution is 0.111. The molecule has 0 aromatic carbocycles. The molecule has 2 N–H and O–H groups in total. The molecule has 0 saturated carbocycles.